The summed E-state index contributed by atoms with van der Waals surface area (Å²) in [4.78, 5) is 37.6. The molecule has 0 bridgehead atoms. The van der Waals surface area contributed by atoms with Gasteiger partial charge in [0.1, 0.15) is 0 Å². The van der Waals surface area contributed by atoms with Crippen LogP contribution in [-0.2, 0) is 9.59 Å². The molecule has 1 aliphatic rings. The van der Waals surface area contributed by atoms with Gasteiger partial charge in [0, 0.05) is 29.9 Å². The number of nitrogens with one attached hydrogen (secondary N) is 1. The zero-order chi connectivity index (χ0) is 18.0. The maximum absolute atomic E-state index is 12.5. The van der Waals surface area contributed by atoms with Crippen molar-refractivity contribution in [2.75, 3.05) is 16.8 Å². The lowest BCUT2D eigenvalue weighted by Gasteiger charge is -2.17. The minimum Gasteiger partial charge on any atom is -0.326 e. The smallest absolute Gasteiger partial charge is 0.229 e. The number of anilines is 2. The molecule has 2 aromatic rings. The third kappa shape index (κ3) is 3.76. The highest BCUT2D eigenvalue weighted by Gasteiger charge is 2.35. The van der Waals surface area contributed by atoms with E-state index in [4.69, 9.17) is 0 Å². The Labute approximate surface area is 146 Å². The molecule has 128 valence electrons. The van der Waals surface area contributed by atoms with Gasteiger partial charge in [0.15, 0.2) is 5.78 Å². The maximum Gasteiger partial charge on any atom is 0.229 e. The summed E-state index contributed by atoms with van der Waals surface area (Å²) >= 11 is 0. The zero-order valence-corrected chi connectivity index (χ0v) is 14.3. The average Bonchev–Trinajstić information content (AvgIpc) is 2.98. The third-order valence-electron chi connectivity index (χ3n) is 4.40. The monoisotopic (exact) mass is 336 g/mol. The van der Waals surface area contributed by atoms with Crippen molar-refractivity contribution in [2.45, 2.75) is 20.3 Å². The van der Waals surface area contributed by atoms with Crippen molar-refractivity contribution in [2.24, 2.45) is 5.92 Å². The van der Waals surface area contributed by atoms with Crippen molar-refractivity contribution in [1.29, 1.82) is 0 Å². The van der Waals surface area contributed by atoms with Crippen molar-refractivity contribution < 1.29 is 14.4 Å². The molecule has 1 heterocycles. The minimum absolute atomic E-state index is 0.0204. The van der Waals surface area contributed by atoms with E-state index in [9.17, 15) is 14.4 Å². The van der Waals surface area contributed by atoms with E-state index < -0.39 is 0 Å². The number of hydrogen-bond acceptors (Lipinski definition) is 3. The van der Waals surface area contributed by atoms with E-state index in [0.29, 0.717) is 17.8 Å². The first-order chi connectivity index (χ1) is 11.9. The highest BCUT2D eigenvalue weighted by atomic mass is 16.2. The number of hydrogen-bond donors (Lipinski definition) is 1. The molecule has 25 heavy (non-hydrogen) atoms. The lowest BCUT2D eigenvalue weighted by Crippen LogP contribution is -2.28. The number of benzene rings is 2. The van der Waals surface area contributed by atoms with Crippen LogP contribution < -0.4 is 10.2 Å². The molecule has 2 amide bonds. The van der Waals surface area contributed by atoms with Crippen LogP contribution >= 0.6 is 0 Å². The Hall–Kier alpha value is -2.95. The van der Waals surface area contributed by atoms with E-state index >= 15 is 0 Å². The lowest BCUT2D eigenvalue weighted by molar-refractivity contribution is -0.122. The molecule has 3 rings (SSSR count). The van der Waals surface area contributed by atoms with E-state index in [1.165, 1.54) is 6.92 Å². The number of ketones is 1. The number of amides is 2. The number of Topliss-reactive ketones (excluding diaryl/α,β-unsaturated/α-hetero) is 1. The Kier molecular flexibility index (Phi) is 4.65. The van der Waals surface area contributed by atoms with Crippen LogP contribution in [0.3, 0.4) is 0 Å². The summed E-state index contributed by atoms with van der Waals surface area (Å²) in [6.07, 6.45) is 0.200. The molecule has 1 saturated heterocycles. The second-order valence-corrected chi connectivity index (χ2v) is 6.36. The van der Waals surface area contributed by atoms with Gasteiger partial charge in [0.2, 0.25) is 11.8 Å². The molecule has 1 N–H and O–H groups in total. The van der Waals surface area contributed by atoms with Crippen LogP contribution in [0.15, 0.2) is 48.5 Å². The van der Waals surface area contributed by atoms with Crippen molar-refractivity contribution in [1.82, 2.24) is 0 Å². The molecular formula is C20H20N2O3. The van der Waals surface area contributed by atoms with Gasteiger partial charge in [-0.15, -0.1) is 0 Å². The number of aryl methyl sites for hydroxylation is 1. The zero-order valence-electron chi connectivity index (χ0n) is 14.3. The second kappa shape index (κ2) is 6.89. The van der Waals surface area contributed by atoms with Crippen molar-refractivity contribution in [3.63, 3.8) is 0 Å². The molecule has 1 fully saturated rings. The van der Waals surface area contributed by atoms with Crippen LogP contribution in [0, 0.1) is 12.8 Å². The lowest BCUT2D eigenvalue weighted by atomic mass is 10.1. The fourth-order valence-electron chi connectivity index (χ4n) is 2.89. The Morgan fingerprint density at radius 1 is 1.04 bits per heavy atom. The van der Waals surface area contributed by atoms with Gasteiger partial charge in [-0.2, -0.15) is 0 Å². The summed E-state index contributed by atoms with van der Waals surface area (Å²) < 4.78 is 0. The van der Waals surface area contributed by atoms with Crippen LogP contribution in [0.2, 0.25) is 0 Å². The minimum atomic E-state index is -0.388. The summed E-state index contributed by atoms with van der Waals surface area (Å²) in [5, 5.41) is 2.82. The molecule has 0 aliphatic carbocycles. The van der Waals surface area contributed by atoms with Gasteiger partial charge in [0.05, 0.1) is 5.92 Å². The SMILES string of the molecule is CC(=O)c1ccc(NC(=O)C2CC(=O)N(c3ccc(C)cc3)C2)cc1. The van der Waals surface area contributed by atoms with Gasteiger partial charge < -0.3 is 10.2 Å². The molecule has 1 unspecified atom stereocenters. The first-order valence-corrected chi connectivity index (χ1v) is 8.23. The molecule has 1 aliphatic heterocycles. The van der Waals surface area contributed by atoms with Gasteiger partial charge in [0.25, 0.3) is 0 Å². The Morgan fingerprint density at radius 2 is 1.68 bits per heavy atom. The Morgan fingerprint density at radius 3 is 2.28 bits per heavy atom. The molecule has 1 atom stereocenters. The molecule has 5 nitrogen and oxygen atoms in total. The maximum atomic E-state index is 12.5. The first kappa shape index (κ1) is 16.9. The van der Waals surface area contributed by atoms with Gasteiger partial charge in [-0.25, -0.2) is 0 Å². The number of carbonyl (C=O) groups excluding carboxylic acids is 3. The van der Waals surface area contributed by atoms with Gasteiger partial charge >= 0.3 is 0 Å². The van der Waals surface area contributed by atoms with Gasteiger partial charge in [-0.05, 0) is 50.2 Å². The van der Waals surface area contributed by atoms with E-state index in [1.54, 1.807) is 29.2 Å². The van der Waals surface area contributed by atoms with Gasteiger partial charge in [-0.1, -0.05) is 17.7 Å². The summed E-state index contributed by atoms with van der Waals surface area (Å²) in [7, 11) is 0. The Balaban J connectivity index is 1.66. The normalized spacial score (nSPS) is 16.8. The van der Waals surface area contributed by atoms with E-state index in [-0.39, 0.29) is 29.9 Å². The predicted octanol–water partition coefficient (Wildman–Crippen LogP) is 3.19. The van der Waals surface area contributed by atoms with Crippen molar-refractivity contribution in [3.05, 3.63) is 59.7 Å². The van der Waals surface area contributed by atoms with E-state index in [1.807, 2.05) is 31.2 Å². The molecular weight excluding hydrogens is 316 g/mol. The predicted molar refractivity (Wildman–Crippen MR) is 96.7 cm³/mol. The van der Waals surface area contributed by atoms with Crippen molar-refractivity contribution >= 4 is 29.0 Å². The second-order valence-electron chi connectivity index (χ2n) is 6.36. The van der Waals surface area contributed by atoms with Crippen LogP contribution in [0.25, 0.3) is 0 Å². The molecule has 2 aromatic carbocycles. The Bertz CT molecular complexity index is 810. The quantitative estimate of drug-likeness (QED) is 0.872. The highest BCUT2D eigenvalue weighted by molar-refractivity contribution is 6.03. The van der Waals surface area contributed by atoms with E-state index in [2.05, 4.69) is 5.32 Å². The summed E-state index contributed by atoms with van der Waals surface area (Å²) in [6.45, 7) is 3.86. The molecule has 0 radical (unpaired) electrons. The topological polar surface area (TPSA) is 66.5 Å². The fourth-order valence-corrected chi connectivity index (χ4v) is 2.89. The molecule has 5 heteroatoms. The summed E-state index contributed by atoms with van der Waals surface area (Å²) in [5.41, 5.74) is 3.16. The highest BCUT2D eigenvalue weighted by Crippen LogP contribution is 2.26. The van der Waals surface area contributed by atoms with Gasteiger partial charge in [-0.3, -0.25) is 14.4 Å². The standard InChI is InChI=1S/C20H20N2O3/c1-13-3-9-18(10-4-13)22-12-16(11-19(22)24)20(25)21-17-7-5-15(6-8-17)14(2)23/h3-10,16H,11-12H2,1-2H3,(H,21,25). The third-order valence-corrected chi connectivity index (χ3v) is 4.40. The van der Waals surface area contributed by atoms with Crippen molar-refractivity contribution in [3.8, 4) is 0 Å². The fraction of sp³-hybridized carbons (Fsp3) is 0.250. The van der Waals surface area contributed by atoms with Crippen LogP contribution in [0.1, 0.15) is 29.3 Å². The van der Waals surface area contributed by atoms with Crippen LogP contribution in [-0.4, -0.2) is 24.1 Å². The number of carbonyl (C=O) groups is 3. The number of rotatable bonds is 4. The van der Waals surface area contributed by atoms with E-state index in [0.717, 1.165) is 11.3 Å². The average molecular weight is 336 g/mol. The number of nitrogens with zero attached hydrogens (tertiary/aromatic N) is 1. The largest absolute Gasteiger partial charge is 0.326 e. The molecule has 0 spiro atoms. The summed E-state index contributed by atoms with van der Waals surface area (Å²) in [5.74, 6) is -0.635. The summed E-state index contributed by atoms with van der Waals surface area (Å²) in [6, 6.07) is 14.4. The molecule has 0 saturated carbocycles. The molecule has 0 aromatic heterocycles. The van der Waals surface area contributed by atoms with Crippen LogP contribution in [0.5, 0.6) is 0 Å². The first-order valence-electron chi connectivity index (χ1n) is 8.23. The van der Waals surface area contributed by atoms with Crippen LogP contribution in [0.4, 0.5) is 11.4 Å².